The summed E-state index contributed by atoms with van der Waals surface area (Å²) in [7, 11) is -2.54. The van der Waals surface area contributed by atoms with Gasteiger partial charge in [0.25, 0.3) is 0 Å². The molecule has 0 fully saturated rings. The molecule has 0 saturated carbocycles. The standard InChI is InChI=1S/C16H16N4O4S2/c1-9(17)19-10-3-6-15-13(7-10)20-16(25-15)12-8-11(26(21,22)24-18)4-5-14(12)23-2/h3-8H,18H2,1-2H3,(H2,17,19). The summed E-state index contributed by atoms with van der Waals surface area (Å²) >= 11 is 1.40. The van der Waals surface area contributed by atoms with Crippen LogP contribution in [0.3, 0.4) is 0 Å². The lowest BCUT2D eigenvalue weighted by Gasteiger charge is -2.08. The summed E-state index contributed by atoms with van der Waals surface area (Å²) in [6.07, 6.45) is 0. The van der Waals surface area contributed by atoms with Gasteiger partial charge in [-0.1, -0.05) is 0 Å². The van der Waals surface area contributed by atoms with Gasteiger partial charge in [-0.3, -0.25) is 0 Å². The van der Waals surface area contributed by atoms with Gasteiger partial charge in [-0.15, -0.1) is 11.3 Å². The van der Waals surface area contributed by atoms with Crippen LogP contribution in [0.4, 0.5) is 5.69 Å². The molecule has 3 aromatic rings. The number of hydrogen-bond acceptors (Lipinski definition) is 8. The van der Waals surface area contributed by atoms with Crippen LogP contribution in [0.2, 0.25) is 0 Å². The molecule has 0 radical (unpaired) electrons. The molecule has 1 heterocycles. The molecule has 0 bridgehead atoms. The molecule has 0 aliphatic rings. The lowest BCUT2D eigenvalue weighted by molar-refractivity contribution is 0.333. The van der Waals surface area contributed by atoms with Crippen molar-refractivity contribution in [2.45, 2.75) is 11.8 Å². The molecule has 0 unspecified atom stereocenters. The van der Waals surface area contributed by atoms with Crippen molar-refractivity contribution in [3.05, 3.63) is 36.4 Å². The molecular formula is C16H16N4O4S2. The summed E-state index contributed by atoms with van der Waals surface area (Å²) in [5.41, 5.74) is 7.54. The van der Waals surface area contributed by atoms with E-state index in [9.17, 15) is 8.42 Å². The highest BCUT2D eigenvalue weighted by Gasteiger charge is 2.19. The number of nitrogens with zero attached hydrogens (tertiary/aromatic N) is 2. The number of fused-ring (bicyclic) bond motifs is 1. The number of methoxy groups -OCH3 is 1. The van der Waals surface area contributed by atoms with E-state index < -0.39 is 10.1 Å². The summed E-state index contributed by atoms with van der Waals surface area (Å²) in [5.74, 6) is 5.79. The first-order valence-electron chi connectivity index (χ1n) is 7.37. The zero-order valence-corrected chi connectivity index (χ0v) is 15.6. The Labute approximate surface area is 154 Å². The second-order valence-electron chi connectivity index (χ2n) is 5.34. The van der Waals surface area contributed by atoms with Crippen molar-refractivity contribution in [1.29, 1.82) is 0 Å². The van der Waals surface area contributed by atoms with Gasteiger partial charge in [0.1, 0.15) is 10.8 Å². The third kappa shape index (κ3) is 3.53. The number of rotatable bonds is 5. The lowest BCUT2D eigenvalue weighted by atomic mass is 10.2. The molecular weight excluding hydrogens is 376 g/mol. The summed E-state index contributed by atoms with van der Waals surface area (Å²) in [4.78, 5) is 8.69. The largest absolute Gasteiger partial charge is 0.496 e. The van der Waals surface area contributed by atoms with E-state index in [4.69, 9.17) is 16.4 Å². The fourth-order valence-corrected chi connectivity index (χ4v) is 3.94. The van der Waals surface area contributed by atoms with Gasteiger partial charge >= 0.3 is 10.1 Å². The summed E-state index contributed by atoms with van der Waals surface area (Å²) in [6, 6.07) is 9.83. The Balaban J connectivity index is 2.16. The Morgan fingerprint density at radius 3 is 2.65 bits per heavy atom. The van der Waals surface area contributed by atoms with Crippen molar-refractivity contribution in [2.75, 3.05) is 7.11 Å². The third-order valence-corrected chi connectivity index (χ3v) is 5.65. The number of thiazole rings is 1. The zero-order valence-electron chi connectivity index (χ0n) is 14.0. The molecule has 1 aromatic heterocycles. The van der Waals surface area contributed by atoms with E-state index in [1.165, 1.54) is 36.6 Å². The number of ether oxygens (including phenoxy) is 1. The summed E-state index contributed by atoms with van der Waals surface area (Å²) in [6.45, 7) is 1.70. The van der Waals surface area contributed by atoms with Gasteiger partial charge in [0, 0.05) is 0 Å². The SMILES string of the molecule is COc1ccc(S(=O)(=O)ON)cc1-c1nc2cc(N=C(C)N)ccc2s1. The quantitative estimate of drug-likeness (QED) is 0.388. The molecule has 136 valence electrons. The lowest BCUT2D eigenvalue weighted by Crippen LogP contribution is -2.11. The third-order valence-electron chi connectivity index (χ3n) is 3.49. The van der Waals surface area contributed by atoms with Gasteiger partial charge in [0.05, 0.1) is 39.3 Å². The molecule has 4 N–H and O–H groups in total. The fraction of sp³-hybridized carbons (Fsp3) is 0.125. The molecule has 0 aliphatic heterocycles. The van der Waals surface area contributed by atoms with E-state index in [2.05, 4.69) is 14.3 Å². The van der Waals surface area contributed by atoms with Crippen molar-refractivity contribution in [2.24, 2.45) is 16.6 Å². The molecule has 0 spiro atoms. The summed E-state index contributed by atoms with van der Waals surface area (Å²) < 4.78 is 34.1. The monoisotopic (exact) mass is 392 g/mol. The van der Waals surface area contributed by atoms with Crippen LogP contribution < -0.4 is 16.4 Å². The zero-order chi connectivity index (χ0) is 18.9. The van der Waals surface area contributed by atoms with Crippen LogP contribution in [0.5, 0.6) is 5.75 Å². The van der Waals surface area contributed by atoms with Crippen LogP contribution in [-0.2, 0) is 14.4 Å². The maximum absolute atomic E-state index is 11.9. The van der Waals surface area contributed by atoms with E-state index in [-0.39, 0.29) is 4.90 Å². The van der Waals surface area contributed by atoms with Crippen molar-refractivity contribution in [3.63, 3.8) is 0 Å². The normalized spacial score (nSPS) is 12.5. The highest BCUT2D eigenvalue weighted by atomic mass is 32.2. The Bertz CT molecular complexity index is 1100. The predicted octanol–water partition coefficient (Wildman–Crippen LogP) is 2.56. The van der Waals surface area contributed by atoms with Crippen LogP contribution >= 0.6 is 11.3 Å². The van der Waals surface area contributed by atoms with E-state index >= 15 is 0 Å². The van der Waals surface area contributed by atoms with Gasteiger partial charge in [0.15, 0.2) is 0 Å². The Morgan fingerprint density at radius 1 is 1.23 bits per heavy atom. The van der Waals surface area contributed by atoms with Crippen molar-refractivity contribution >= 4 is 43.2 Å². The van der Waals surface area contributed by atoms with E-state index in [0.717, 1.165) is 10.2 Å². The molecule has 8 nitrogen and oxygen atoms in total. The Hall–Kier alpha value is -2.53. The van der Waals surface area contributed by atoms with Crippen LogP contribution in [-0.4, -0.2) is 26.3 Å². The van der Waals surface area contributed by atoms with Gasteiger partial charge in [-0.05, 0) is 43.3 Å². The molecule has 0 amide bonds. The predicted molar refractivity (Wildman–Crippen MR) is 101 cm³/mol. The number of benzene rings is 2. The number of amidine groups is 1. The minimum atomic E-state index is -4.04. The van der Waals surface area contributed by atoms with Crippen molar-refractivity contribution in [1.82, 2.24) is 4.98 Å². The van der Waals surface area contributed by atoms with Crippen molar-refractivity contribution in [3.8, 4) is 16.3 Å². The topological polar surface area (TPSA) is 130 Å². The van der Waals surface area contributed by atoms with Gasteiger partial charge in [-0.25, -0.2) is 9.98 Å². The average Bonchev–Trinajstić information content (AvgIpc) is 3.03. The number of aliphatic imine (C=N–C) groups is 1. The molecule has 0 atom stereocenters. The maximum atomic E-state index is 11.9. The van der Waals surface area contributed by atoms with Gasteiger partial charge < -0.3 is 10.5 Å². The fourth-order valence-electron chi connectivity index (χ4n) is 2.37. The number of aromatic nitrogens is 1. The molecule has 0 saturated heterocycles. The highest BCUT2D eigenvalue weighted by molar-refractivity contribution is 7.86. The number of hydrogen-bond donors (Lipinski definition) is 2. The molecule has 2 aromatic carbocycles. The smallest absolute Gasteiger partial charge is 0.312 e. The van der Waals surface area contributed by atoms with Crippen LogP contribution in [0, 0.1) is 0 Å². The maximum Gasteiger partial charge on any atom is 0.312 e. The first-order valence-corrected chi connectivity index (χ1v) is 9.59. The Kier molecular flexibility index (Phi) is 4.92. The minimum absolute atomic E-state index is 0.0842. The second-order valence-corrected chi connectivity index (χ2v) is 7.94. The number of nitrogens with two attached hydrogens (primary N) is 2. The molecule has 3 rings (SSSR count). The van der Waals surface area contributed by atoms with Gasteiger partial charge in [0.2, 0.25) is 0 Å². The molecule has 0 aliphatic carbocycles. The van der Waals surface area contributed by atoms with Crippen molar-refractivity contribution < 1.29 is 17.4 Å². The van der Waals surface area contributed by atoms with Crippen LogP contribution in [0.15, 0.2) is 46.3 Å². The minimum Gasteiger partial charge on any atom is -0.496 e. The first kappa shape index (κ1) is 18.3. The Morgan fingerprint density at radius 2 is 2.00 bits per heavy atom. The van der Waals surface area contributed by atoms with Crippen LogP contribution in [0.25, 0.3) is 20.8 Å². The molecule has 10 heteroatoms. The van der Waals surface area contributed by atoms with Gasteiger partial charge in [-0.2, -0.15) is 18.6 Å². The van der Waals surface area contributed by atoms with Crippen LogP contribution in [0.1, 0.15) is 6.92 Å². The van der Waals surface area contributed by atoms with E-state index in [0.29, 0.717) is 27.8 Å². The van der Waals surface area contributed by atoms with E-state index in [1.54, 1.807) is 6.92 Å². The average molecular weight is 392 g/mol. The first-order chi connectivity index (χ1) is 12.3. The van der Waals surface area contributed by atoms with E-state index in [1.807, 2.05) is 18.2 Å². The molecule has 26 heavy (non-hydrogen) atoms. The summed E-state index contributed by atoms with van der Waals surface area (Å²) in [5, 5.41) is 0.594. The highest BCUT2D eigenvalue weighted by Crippen LogP contribution is 2.38. The second kappa shape index (κ2) is 7.00.